The Labute approximate surface area is 156 Å². The first-order valence-electron chi connectivity index (χ1n) is 9.51. The van der Waals surface area contributed by atoms with E-state index in [1.165, 1.54) is 38.9 Å². The van der Waals surface area contributed by atoms with E-state index in [4.69, 9.17) is 4.42 Å². The van der Waals surface area contributed by atoms with Crippen molar-refractivity contribution in [3.05, 3.63) is 76.5 Å². The van der Waals surface area contributed by atoms with E-state index in [1.807, 2.05) is 0 Å². The zero-order valence-electron chi connectivity index (χ0n) is 16.4. The maximum atomic E-state index is 6.59. The highest BCUT2D eigenvalue weighted by Crippen LogP contribution is 2.44. The molecule has 1 aromatic heterocycles. The minimum absolute atomic E-state index is 0.0338. The molecule has 1 nitrogen and oxygen atoms in total. The molecular weight excluding hydrogens is 316 g/mol. The van der Waals surface area contributed by atoms with Crippen LogP contribution >= 0.6 is 0 Å². The van der Waals surface area contributed by atoms with Crippen molar-refractivity contribution in [1.29, 1.82) is 0 Å². The SMILES string of the molecule is Cc1ccc(C)c2c1CCc1c(-c3ccccc3)cc(C(C)(C)C)[o+]c1-2. The summed E-state index contributed by atoms with van der Waals surface area (Å²) >= 11 is 0. The molecule has 0 atom stereocenters. The predicted octanol–water partition coefficient (Wildman–Crippen LogP) is 6.91. The lowest BCUT2D eigenvalue weighted by atomic mass is 9.81. The predicted molar refractivity (Wildman–Crippen MR) is 110 cm³/mol. The Balaban J connectivity index is 2.07. The van der Waals surface area contributed by atoms with Gasteiger partial charge in [0.05, 0.1) is 16.5 Å². The van der Waals surface area contributed by atoms with Gasteiger partial charge in [-0.3, -0.25) is 0 Å². The minimum Gasteiger partial charge on any atom is -0.211 e. The van der Waals surface area contributed by atoms with Crippen molar-refractivity contribution in [3.63, 3.8) is 0 Å². The van der Waals surface area contributed by atoms with Gasteiger partial charge < -0.3 is 0 Å². The van der Waals surface area contributed by atoms with Gasteiger partial charge in [0.25, 0.3) is 0 Å². The molecule has 1 heteroatoms. The third-order valence-corrected chi connectivity index (χ3v) is 5.52. The Bertz CT molecular complexity index is 975. The fourth-order valence-electron chi connectivity index (χ4n) is 3.99. The number of hydrogen-bond acceptors (Lipinski definition) is 0. The standard InChI is InChI=1S/C25H27O/c1-16-11-12-17(2)23-19(16)13-14-20-21(18-9-7-6-8-10-18)15-22(25(3,4)5)26-24(20)23/h6-12,15H,13-14H2,1-5H3/q+1. The highest BCUT2D eigenvalue weighted by atomic mass is 16.3. The van der Waals surface area contributed by atoms with Gasteiger partial charge in [0.15, 0.2) is 0 Å². The van der Waals surface area contributed by atoms with E-state index in [9.17, 15) is 0 Å². The Hall–Kier alpha value is -2.41. The molecule has 1 aliphatic rings. The smallest absolute Gasteiger partial charge is 0.211 e. The lowest BCUT2D eigenvalue weighted by Gasteiger charge is -2.21. The number of rotatable bonds is 1. The second-order valence-electron chi connectivity index (χ2n) is 8.50. The number of aryl methyl sites for hydroxylation is 2. The summed E-state index contributed by atoms with van der Waals surface area (Å²) in [6.07, 6.45) is 2.12. The van der Waals surface area contributed by atoms with Crippen LogP contribution in [0.1, 0.15) is 48.8 Å². The first kappa shape index (κ1) is 17.0. The zero-order chi connectivity index (χ0) is 18.5. The molecule has 0 spiro atoms. The van der Waals surface area contributed by atoms with Crippen LogP contribution in [-0.4, -0.2) is 0 Å². The molecule has 0 radical (unpaired) electrons. The molecule has 0 saturated heterocycles. The summed E-state index contributed by atoms with van der Waals surface area (Å²) in [5, 5.41) is 0. The van der Waals surface area contributed by atoms with Gasteiger partial charge in [-0.2, -0.15) is 0 Å². The molecule has 0 aliphatic heterocycles. The van der Waals surface area contributed by atoms with Crippen LogP contribution in [0.2, 0.25) is 0 Å². The van der Waals surface area contributed by atoms with Crippen molar-refractivity contribution in [3.8, 4) is 22.5 Å². The molecular formula is C25H27O+. The largest absolute Gasteiger partial charge is 0.364 e. The lowest BCUT2D eigenvalue weighted by molar-refractivity contribution is 0.401. The molecule has 0 unspecified atom stereocenters. The topological polar surface area (TPSA) is 11.3 Å². The molecule has 0 fully saturated rings. The molecule has 1 heterocycles. The fourth-order valence-corrected chi connectivity index (χ4v) is 3.99. The maximum Gasteiger partial charge on any atom is 0.364 e. The highest BCUT2D eigenvalue weighted by molar-refractivity contribution is 5.80. The van der Waals surface area contributed by atoms with E-state index in [2.05, 4.69) is 83.1 Å². The van der Waals surface area contributed by atoms with Crippen molar-refractivity contribution in [2.75, 3.05) is 0 Å². The molecule has 3 aromatic rings. The third kappa shape index (κ3) is 2.76. The van der Waals surface area contributed by atoms with Crippen LogP contribution in [-0.2, 0) is 18.3 Å². The van der Waals surface area contributed by atoms with Gasteiger partial charge in [0, 0.05) is 11.6 Å². The van der Waals surface area contributed by atoms with E-state index in [-0.39, 0.29) is 5.41 Å². The first-order chi connectivity index (χ1) is 12.4. The maximum absolute atomic E-state index is 6.59. The molecule has 0 saturated carbocycles. The lowest BCUT2D eigenvalue weighted by Crippen LogP contribution is -2.15. The average molecular weight is 343 g/mol. The Morgan fingerprint density at radius 3 is 2.15 bits per heavy atom. The van der Waals surface area contributed by atoms with Gasteiger partial charge in [-0.25, -0.2) is 4.42 Å². The summed E-state index contributed by atoms with van der Waals surface area (Å²) in [6, 6.07) is 17.5. The monoisotopic (exact) mass is 343 g/mol. The second kappa shape index (κ2) is 6.09. The van der Waals surface area contributed by atoms with Gasteiger partial charge in [0.1, 0.15) is 0 Å². The fraction of sp³-hybridized carbons (Fsp3) is 0.320. The Morgan fingerprint density at radius 1 is 0.808 bits per heavy atom. The summed E-state index contributed by atoms with van der Waals surface area (Å²) in [5.41, 5.74) is 9.36. The number of hydrogen-bond donors (Lipinski definition) is 0. The molecule has 4 rings (SSSR count). The second-order valence-corrected chi connectivity index (χ2v) is 8.50. The summed E-state index contributed by atoms with van der Waals surface area (Å²) in [5.74, 6) is 2.13. The summed E-state index contributed by atoms with van der Waals surface area (Å²) in [6.45, 7) is 11.1. The molecule has 132 valence electrons. The van der Waals surface area contributed by atoms with Gasteiger partial charge >= 0.3 is 11.5 Å². The Kier molecular flexibility index (Phi) is 3.99. The molecule has 0 amide bonds. The van der Waals surface area contributed by atoms with Gasteiger partial charge in [-0.15, -0.1) is 0 Å². The number of fused-ring (bicyclic) bond motifs is 3. The highest BCUT2D eigenvalue weighted by Gasteiger charge is 2.36. The van der Waals surface area contributed by atoms with Crippen molar-refractivity contribution in [1.82, 2.24) is 0 Å². The van der Waals surface area contributed by atoms with Crippen LogP contribution in [0.25, 0.3) is 22.5 Å². The Morgan fingerprint density at radius 2 is 1.46 bits per heavy atom. The molecule has 26 heavy (non-hydrogen) atoms. The quantitative estimate of drug-likeness (QED) is 0.437. The first-order valence-corrected chi connectivity index (χ1v) is 9.51. The van der Waals surface area contributed by atoms with Crippen LogP contribution in [0.4, 0.5) is 0 Å². The van der Waals surface area contributed by atoms with E-state index < -0.39 is 0 Å². The summed E-state index contributed by atoms with van der Waals surface area (Å²) in [4.78, 5) is 0. The van der Waals surface area contributed by atoms with Crippen LogP contribution < -0.4 is 0 Å². The van der Waals surface area contributed by atoms with Crippen LogP contribution in [0.15, 0.2) is 52.9 Å². The molecule has 0 bridgehead atoms. The summed E-state index contributed by atoms with van der Waals surface area (Å²) in [7, 11) is 0. The van der Waals surface area contributed by atoms with Crippen molar-refractivity contribution < 1.29 is 4.42 Å². The number of benzene rings is 2. The van der Waals surface area contributed by atoms with Crippen LogP contribution in [0.5, 0.6) is 0 Å². The normalized spacial score (nSPS) is 13.3. The van der Waals surface area contributed by atoms with E-state index >= 15 is 0 Å². The van der Waals surface area contributed by atoms with Crippen molar-refractivity contribution in [2.45, 2.75) is 52.9 Å². The van der Waals surface area contributed by atoms with Gasteiger partial charge in [-0.1, -0.05) is 42.5 Å². The van der Waals surface area contributed by atoms with Crippen LogP contribution in [0, 0.1) is 13.8 Å². The zero-order valence-corrected chi connectivity index (χ0v) is 16.4. The molecule has 1 aliphatic carbocycles. The van der Waals surface area contributed by atoms with Gasteiger partial charge in [-0.05, 0) is 69.7 Å². The van der Waals surface area contributed by atoms with E-state index in [0.717, 1.165) is 24.4 Å². The van der Waals surface area contributed by atoms with E-state index in [1.54, 1.807) is 0 Å². The minimum atomic E-state index is -0.0338. The van der Waals surface area contributed by atoms with Crippen LogP contribution in [0.3, 0.4) is 0 Å². The van der Waals surface area contributed by atoms with Gasteiger partial charge in [0.2, 0.25) is 0 Å². The third-order valence-electron chi connectivity index (χ3n) is 5.52. The van der Waals surface area contributed by atoms with E-state index in [0.29, 0.717) is 0 Å². The van der Waals surface area contributed by atoms with Crippen molar-refractivity contribution in [2.24, 2.45) is 0 Å². The van der Waals surface area contributed by atoms with Crippen molar-refractivity contribution >= 4 is 0 Å². The molecule has 0 N–H and O–H groups in total. The summed E-state index contributed by atoms with van der Waals surface area (Å²) < 4.78 is 6.59. The average Bonchev–Trinajstić information content (AvgIpc) is 2.63. The molecule has 2 aromatic carbocycles.